The summed E-state index contributed by atoms with van der Waals surface area (Å²) in [5.41, 5.74) is 2.72. The highest BCUT2D eigenvalue weighted by molar-refractivity contribution is 5.79. The zero-order valence-electron chi connectivity index (χ0n) is 19.1. The molecule has 1 fully saturated rings. The van der Waals surface area contributed by atoms with Crippen LogP contribution >= 0.6 is 0 Å². The number of piperidine rings is 1. The summed E-state index contributed by atoms with van der Waals surface area (Å²) in [5, 5.41) is 0. The molecule has 1 aliphatic heterocycles. The lowest BCUT2D eigenvalue weighted by atomic mass is 9.88. The van der Waals surface area contributed by atoms with Crippen LogP contribution in [-0.2, 0) is 9.53 Å². The van der Waals surface area contributed by atoms with Crippen LogP contribution in [0.4, 0.5) is 5.95 Å². The van der Waals surface area contributed by atoms with Gasteiger partial charge in [0.2, 0.25) is 11.9 Å². The molecule has 1 aliphatic rings. The van der Waals surface area contributed by atoms with Crippen LogP contribution < -0.4 is 14.4 Å². The smallest absolute Gasteiger partial charge is 0.225 e. The lowest BCUT2D eigenvalue weighted by molar-refractivity contribution is -0.133. The number of ether oxygens (including phenoxy) is 3. The fraction of sp³-hybridized carbons (Fsp3) is 0.522. The first-order chi connectivity index (χ1) is 15.0. The van der Waals surface area contributed by atoms with Gasteiger partial charge in [0, 0.05) is 52.0 Å². The van der Waals surface area contributed by atoms with Crippen LogP contribution in [0.1, 0.15) is 30.9 Å². The van der Waals surface area contributed by atoms with Gasteiger partial charge in [-0.3, -0.25) is 4.79 Å². The van der Waals surface area contributed by atoms with Gasteiger partial charge in [0.15, 0.2) is 0 Å². The van der Waals surface area contributed by atoms with Crippen molar-refractivity contribution in [2.24, 2.45) is 0 Å². The van der Waals surface area contributed by atoms with Crippen LogP contribution in [0.5, 0.6) is 11.5 Å². The minimum Gasteiger partial charge on any atom is -0.496 e. The molecule has 1 aromatic carbocycles. The molecule has 31 heavy (non-hydrogen) atoms. The second-order valence-corrected chi connectivity index (χ2v) is 7.80. The van der Waals surface area contributed by atoms with Crippen molar-refractivity contribution in [1.82, 2.24) is 14.9 Å². The number of carbonyl (C=O) groups excluding carboxylic acids is 1. The maximum atomic E-state index is 12.4. The van der Waals surface area contributed by atoms with E-state index >= 15 is 0 Å². The van der Waals surface area contributed by atoms with Crippen molar-refractivity contribution in [2.75, 3.05) is 60.0 Å². The molecule has 2 heterocycles. The standard InChI is InChI=1S/C23H32N4O4/c1-26(2)23-24-15-17(21-18(30-4)7-6-8-19(21)31-5)22(25-23)16-9-12-27(13-10-16)20(28)11-14-29-3/h6-8,15-16H,9-14H2,1-5H3. The normalized spacial score (nSPS) is 14.4. The third-order valence-electron chi connectivity index (χ3n) is 5.66. The molecule has 8 heteroatoms. The minimum atomic E-state index is 0.142. The highest BCUT2D eigenvalue weighted by Crippen LogP contribution is 2.43. The number of hydrogen-bond donors (Lipinski definition) is 0. The first kappa shape index (κ1) is 22.8. The van der Waals surface area contributed by atoms with Gasteiger partial charge in [0.05, 0.1) is 38.5 Å². The molecule has 1 aromatic heterocycles. The van der Waals surface area contributed by atoms with Gasteiger partial charge in [-0.2, -0.15) is 0 Å². The number of aromatic nitrogens is 2. The topological polar surface area (TPSA) is 77.0 Å². The molecule has 0 aliphatic carbocycles. The van der Waals surface area contributed by atoms with Crippen LogP contribution in [0.25, 0.3) is 11.1 Å². The minimum absolute atomic E-state index is 0.142. The molecule has 0 bridgehead atoms. The zero-order chi connectivity index (χ0) is 22.4. The number of carbonyl (C=O) groups is 1. The third-order valence-corrected chi connectivity index (χ3v) is 5.66. The molecule has 0 spiro atoms. The molecule has 0 N–H and O–H groups in total. The van der Waals surface area contributed by atoms with E-state index in [1.54, 1.807) is 21.3 Å². The Balaban J connectivity index is 1.96. The Morgan fingerprint density at radius 1 is 1.13 bits per heavy atom. The van der Waals surface area contributed by atoms with Crippen molar-refractivity contribution in [1.29, 1.82) is 0 Å². The summed E-state index contributed by atoms with van der Waals surface area (Å²) in [5.74, 6) is 2.44. The van der Waals surface area contributed by atoms with Gasteiger partial charge in [-0.15, -0.1) is 0 Å². The monoisotopic (exact) mass is 428 g/mol. The zero-order valence-corrected chi connectivity index (χ0v) is 19.1. The van der Waals surface area contributed by atoms with Crippen LogP contribution in [0.2, 0.25) is 0 Å². The second-order valence-electron chi connectivity index (χ2n) is 7.80. The van der Waals surface area contributed by atoms with Crippen molar-refractivity contribution < 1.29 is 19.0 Å². The number of hydrogen-bond acceptors (Lipinski definition) is 7. The summed E-state index contributed by atoms with van der Waals surface area (Å²) in [6, 6.07) is 5.73. The molecule has 0 saturated carbocycles. The van der Waals surface area contributed by atoms with Crippen molar-refractivity contribution in [3.63, 3.8) is 0 Å². The van der Waals surface area contributed by atoms with E-state index in [0.717, 1.165) is 29.7 Å². The molecule has 0 atom stereocenters. The Morgan fingerprint density at radius 3 is 2.32 bits per heavy atom. The lowest BCUT2D eigenvalue weighted by Crippen LogP contribution is -2.38. The van der Waals surface area contributed by atoms with Gasteiger partial charge in [-0.05, 0) is 25.0 Å². The predicted molar refractivity (Wildman–Crippen MR) is 120 cm³/mol. The van der Waals surface area contributed by atoms with E-state index in [1.165, 1.54) is 0 Å². The highest BCUT2D eigenvalue weighted by atomic mass is 16.5. The van der Waals surface area contributed by atoms with Crippen LogP contribution in [0, 0.1) is 0 Å². The molecule has 3 rings (SSSR count). The fourth-order valence-electron chi connectivity index (χ4n) is 3.97. The highest BCUT2D eigenvalue weighted by Gasteiger charge is 2.29. The number of benzene rings is 1. The average Bonchev–Trinajstić information content (AvgIpc) is 2.81. The Labute approximate surface area is 184 Å². The predicted octanol–water partition coefficient (Wildman–Crippen LogP) is 2.97. The van der Waals surface area contributed by atoms with Gasteiger partial charge in [-0.25, -0.2) is 9.97 Å². The first-order valence-electron chi connectivity index (χ1n) is 10.5. The molecule has 0 radical (unpaired) electrons. The molecular weight excluding hydrogens is 396 g/mol. The molecule has 1 saturated heterocycles. The van der Waals surface area contributed by atoms with Crippen molar-refractivity contribution in [3.05, 3.63) is 30.1 Å². The van der Waals surface area contributed by atoms with Crippen molar-refractivity contribution >= 4 is 11.9 Å². The van der Waals surface area contributed by atoms with Crippen LogP contribution in [-0.4, -0.2) is 75.9 Å². The van der Waals surface area contributed by atoms with E-state index in [1.807, 2.05) is 48.3 Å². The second kappa shape index (κ2) is 10.4. The Morgan fingerprint density at radius 2 is 1.77 bits per heavy atom. The summed E-state index contributed by atoms with van der Waals surface area (Å²) in [6.07, 6.45) is 3.96. The molecule has 8 nitrogen and oxygen atoms in total. The van der Waals surface area contributed by atoms with Gasteiger partial charge in [0.1, 0.15) is 11.5 Å². The number of nitrogens with zero attached hydrogens (tertiary/aromatic N) is 4. The summed E-state index contributed by atoms with van der Waals surface area (Å²) < 4.78 is 16.3. The maximum Gasteiger partial charge on any atom is 0.225 e. The molecule has 1 amide bonds. The summed E-state index contributed by atoms with van der Waals surface area (Å²) in [6.45, 7) is 1.86. The van der Waals surface area contributed by atoms with E-state index in [4.69, 9.17) is 19.2 Å². The van der Waals surface area contributed by atoms with E-state index in [-0.39, 0.29) is 11.8 Å². The molecule has 0 unspecified atom stereocenters. The number of amides is 1. The Bertz CT molecular complexity index is 873. The molecular formula is C23H32N4O4. The Kier molecular flexibility index (Phi) is 7.68. The summed E-state index contributed by atoms with van der Waals surface area (Å²) >= 11 is 0. The maximum absolute atomic E-state index is 12.4. The van der Waals surface area contributed by atoms with Gasteiger partial charge >= 0.3 is 0 Å². The van der Waals surface area contributed by atoms with Gasteiger partial charge in [0.25, 0.3) is 0 Å². The van der Waals surface area contributed by atoms with E-state index in [0.29, 0.717) is 43.6 Å². The quantitative estimate of drug-likeness (QED) is 0.640. The first-order valence-corrected chi connectivity index (χ1v) is 10.5. The SMILES string of the molecule is COCCC(=O)N1CCC(c2nc(N(C)C)ncc2-c2c(OC)cccc2OC)CC1. The van der Waals surface area contributed by atoms with E-state index in [9.17, 15) is 4.79 Å². The van der Waals surface area contributed by atoms with Gasteiger partial charge in [-0.1, -0.05) is 6.07 Å². The number of rotatable bonds is 8. The van der Waals surface area contributed by atoms with Crippen molar-refractivity contribution in [2.45, 2.75) is 25.2 Å². The number of methoxy groups -OCH3 is 3. The summed E-state index contributed by atoms with van der Waals surface area (Å²) in [7, 11) is 8.78. The fourth-order valence-corrected chi connectivity index (χ4v) is 3.97. The number of anilines is 1. The van der Waals surface area contributed by atoms with Crippen LogP contribution in [0.15, 0.2) is 24.4 Å². The third kappa shape index (κ3) is 5.07. The largest absolute Gasteiger partial charge is 0.496 e. The Hall–Kier alpha value is -2.87. The molecule has 168 valence electrons. The van der Waals surface area contributed by atoms with Crippen LogP contribution in [0.3, 0.4) is 0 Å². The average molecular weight is 429 g/mol. The van der Waals surface area contributed by atoms with Crippen molar-refractivity contribution in [3.8, 4) is 22.6 Å². The molecule has 2 aromatic rings. The summed E-state index contributed by atoms with van der Waals surface area (Å²) in [4.78, 5) is 25.7. The van der Waals surface area contributed by atoms with E-state index < -0.39 is 0 Å². The lowest BCUT2D eigenvalue weighted by Gasteiger charge is -2.33. The van der Waals surface area contributed by atoms with Gasteiger partial charge < -0.3 is 24.0 Å². The van der Waals surface area contributed by atoms with E-state index in [2.05, 4.69) is 4.98 Å². The number of likely N-dealkylation sites (tertiary alicyclic amines) is 1.